The van der Waals surface area contributed by atoms with E-state index in [1.54, 1.807) is 0 Å². The fraction of sp³-hybridized carbons (Fsp3) is 0.375. The minimum absolute atomic E-state index is 0.673. The molecule has 27 heavy (non-hydrogen) atoms. The van der Waals surface area contributed by atoms with Crippen LogP contribution in [0, 0.1) is 0 Å². The number of hydrogen-bond donors (Lipinski definition) is 0. The van der Waals surface area contributed by atoms with Crippen LogP contribution >= 0.6 is 11.6 Å². The lowest BCUT2D eigenvalue weighted by atomic mass is 9.98. The summed E-state index contributed by atoms with van der Waals surface area (Å²) in [5, 5.41) is 1.89. The maximum atomic E-state index is 6.08. The molecule has 0 aliphatic heterocycles. The van der Waals surface area contributed by atoms with Crippen LogP contribution in [0.25, 0.3) is 22.2 Å². The molecule has 0 radical (unpaired) electrons. The first-order valence-electron chi connectivity index (χ1n) is 10.0. The van der Waals surface area contributed by atoms with Crippen LogP contribution in [0.15, 0.2) is 48.5 Å². The van der Waals surface area contributed by atoms with Gasteiger partial charge in [-0.15, -0.1) is 0 Å². The number of nitrogens with zero attached hydrogens (tertiary/aromatic N) is 1. The highest BCUT2D eigenvalue weighted by Crippen LogP contribution is 2.30. The number of ether oxygens (including phenoxy) is 1. The summed E-state index contributed by atoms with van der Waals surface area (Å²) >= 11 is 6.08. The van der Waals surface area contributed by atoms with Gasteiger partial charge in [0, 0.05) is 16.0 Å². The van der Waals surface area contributed by atoms with E-state index in [0.717, 1.165) is 39.4 Å². The van der Waals surface area contributed by atoms with Gasteiger partial charge in [0.2, 0.25) is 0 Å². The van der Waals surface area contributed by atoms with Crippen molar-refractivity contribution < 1.29 is 4.74 Å². The van der Waals surface area contributed by atoms with E-state index in [1.165, 1.54) is 37.7 Å². The maximum Gasteiger partial charge on any atom is 0.120 e. The van der Waals surface area contributed by atoms with Gasteiger partial charge in [0.15, 0.2) is 0 Å². The molecule has 2 aromatic carbocycles. The summed E-state index contributed by atoms with van der Waals surface area (Å²) in [5.74, 6) is 0.903. The van der Waals surface area contributed by atoms with Crippen molar-refractivity contribution in [2.75, 3.05) is 6.61 Å². The van der Waals surface area contributed by atoms with Gasteiger partial charge in [-0.2, -0.15) is 0 Å². The molecule has 1 heterocycles. The maximum absolute atomic E-state index is 6.08. The Hall–Kier alpha value is -2.06. The van der Waals surface area contributed by atoms with Gasteiger partial charge in [-0.1, -0.05) is 56.3 Å². The van der Waals surface area contributed by atoms with E-state index in [0.29, 0.717) is 6.61 Å². The summed E-state index contributed by atoms with van der Waals surface area (Å²) in [5.41, 5.74) is 4.49. The number of aromatic nitrogens is 1. The van der Waals surface area contributed by atoms with Crippen LogP contribution in [0.4, 0.5) is 0 Å². The minimum atomic E-state index is 0.673. The van der Waals surface area contributed by atoms with Gasteiger partial charge in [0.1, 0.15) is 5.75 Å². The molecule has 0 saturated carbocycles. The average Bonchev–Trinajstić information content (AvgIpc) is 2.68. The third-order valence-electron chi connectivity index (χ3n) is 4.84. The molecule has 0 saturated heterocycles. The predicted molar refractivity (Wildman–Crippen MR) is 116 cm³/mol. The Balaban J connectivity index is 1.95. The molecule has 0 spiro atoms. The van der Waals surface area contributed by atoms with Crippen LogP contribution in [0.1, 0.15) is 51.5 Å². The summed E-state index contributed by atoms with van der Waals surface area (Å²) < 4.78 is 5.66. The lowest BCUT2D eigenvalue weighted by Gasteiger charge is -2.12. The minimum Gasteiger partial charge on any atom is -0.494 e. The molecular formula is C24H28ClNO. The van der Waals surface area contributed by atoms with Crippen LogP contribution < -0.4 is 4.74 Å². The number of hydrogen-bond acceptors (Lipinski definition) is 2. The summed E-state index contributed by atoms with van der Waals surface area (Å²) in [4.78, 5) is 4.99. The highest BCUT2D eigenvalue weighted by molar-refractivity contribution is 6.30. The Kier molecular flexibility index (Phi) is 7.11. The molecule has 0 N–H and O–H groups in total. The highest BCUT2D eigenvalue weighted by atomic mass is 35.5. The van der Waals surface area contributed by atoms with E-state index in [1.807, 2.05) is 31.2 Å². The normalized spacial score (nSPS) is 11.1. The molecule has 142 valence electrons. The third kappa shape index (κ3) is 5.23. The molecular weight excluding hydrogens is 354 g/mol. The summed E-state index contributed by atoms with van der Waals surface area (Å²) in [6.45, 7) is 4.93. The van der Waals surface area contributed by atoms with E-state index in [2.05, 4.69) is 31.2 Å². The van der Waals surface area contributed by atoms with Crippen molar-refractivity contribution >= 4 is 22.5 Å². The summed E-state index contributed by atoms with van der Waals surface area (Å²) in [6.07, 6.45) is 7.40. The van der Waals surface area contributed by atoms with Crippen LogP contribution in [0.2, 0.25) is 5.02 Å². The Labute approximate surface area is 167 Å². The number of pyridine rings is 1. The Morgan fingerprint density at radius 1 is 0.889 bits per heavy atom. The lowest BCUT2D eigenvalue weighted by Crippen LogP contribution is -1.97. The standard InChI is InChI=1S/C24H28ClNO/c1-3-5-6-7-8-9-19-16-20-17-22(27-4-2)14-15-23(20)26-24(19)18-10-12-21(25)13-11-18/h10-17H,3-9H2,1-2H3. The molecule has 3 heteroatoms. The van der Waals surface area contributed by atoms with Crippen molar-refractivity contribution in [1.29, 1.82) is 0 Å². The van der Waals surface area contributed by atoms with Crippen molar-refractivity contribution in [2.45, 2.75) is 52.4 Å². The number of rotatable bonds is 9. The Bertz CT molecular complexity index is 873. The van der Waals surface area contributed by atoms with Crippen molar-refractivity contribution in [3.63, 3.8) is 0 Å². The van der Waals surface area contributed by atoms with E-state index in [9.17, 15) is 0 Å². The molecule has 0 aliphatic carbocycles. The van der Waals surface area contributed by atoms with Crippen molar-refractivity contribution in [2.24, 2.45) is 0 Å². The third-order valence-corrected chi connectivity index (χ3v) is 5.10. The summed E-state index contributed by atoms with van der Waals surface area (Å²) in [6, 6.07) is 16.4. The zero-order valence-corrected chi connectivity index (χ0v) is 17.1. The van der Waals surface area contributed by atoms with E-state index in [-0.39, 0.29) is 0 Å². The zero-order valence-electron chi connectivity index (χ0n) is 16.3. The molecule has 0 bridgehead atoms. The monoisotopic (exact) mass is 381 g/mol. The molecule has 1 aromatic heterocycles. The van der Waals surface area contributed by atoms with E-state index >= 15 is 0 Å². The first-order valence-corrected chi connectivity index (χ1v) is 10.4. The van der Waals surface area contributed by atoms with Gasteiger partial charge in [-0.25, -0.2) is 4.98 Å². The molecule has 0 aliphatic rings. The van der Waals surface area contributed by atoms with Gasteiger partial charge < -0.3 is 4.74 Å². The Morgan fingerprint density at radius 2 is 1.67 bits per heavy atom. The van der Waals surface area contributed by atoms with E-state index < -0.39 is 0 Å². The lowest BCUT2D eigenvalue weighted by molar-refractivity contribution is 0.340. The quantitative estimate of drug-likeness (QED) is 0.358. The van der Waals surface area contributed by atoms with E-state index in [4.69, 9.17) is 21.3 Å². The molecule has 3 rings (SSSR count). The highest BCUT2D eigenvalue weighted by Gasteiger charge is 2.10. The van der Waals surface area contributed by atoms with Crippen LogP contribution in [0.5, 0.6) is 5.75 Å². The Morgan fingerprint density at radius 3 is 2.41 bits per heavy atom. The van der Waals surface area contributed by atoms with Gasteiger partial charge in [-0.05, 0) is 61.7 Å². The number of aryl methyl sites for hydroxylation is 1. The number of fused-ring (bicyclic) bond motifs is 1. The largest absolute Gasteiger partial charge is 0.494 e. The van der Waals surface area contributed by atoms with Crippen molar-refractivity contribution in [3.05, 3.63) is 59.1 Å². The predicted octanol–water partition coefficient (Wildman–Crippen LogP) is 7.47. The van der Waals surface area contributed by atoms with Crippen LogP contribution in [0.3, 0.4) is 0 Å². The number of halogens is 1. The second kappa shape index (κ2) is 9.75. The SMILES string of the molecule is CCCCCCCc1cc2cc(OCC)ccc2nc1-c1ccc(Cl)cc1. The molecule has 2 nitrogen and oxygen atoms in total. The molecule has 3 aromatic rings. The van der Waals surface area contributed by atoms with Gasteiger partial charge >= 0.3 is 0 Å². The first-order chi connectivity index (χ1) is 13.2. The topological polar surface area (TPSA) is 22.1 Å². The van der Waals surface area contributed by atoms with Crippen molar-refractivity contribution in [1.82, 2.24) is 4.98 Å². The van der Waals surface area contributed by atoms with Crippen LogP contribution in [-0.2, 0) is 6.42 Å². The molecule has 0 unspecified atom stereocenters. The van der Waals surface area contributed by atoms with Crippen LogP contribution in [-0.4, -0.2) is 11.6 Å². The van der Waals surface area contributed by atoms with Gasteiger partial charge in [0.25, 0.3) is 0 Å². The fourth-order valence-corrected chi connectivity index (χ4v) is 3.55. The van der Waals surface area contributed by atoms with Gasteiger partial charge in [-0.3, -0.25) is 0 Å². The smallest absolute Gasteiger partial charge is 0.120 e. The van der Waals surface area contributed by atoms with Gasteiger partial charge in [0.05, 0.1) is 17.8 Å². The average molecular weight is 382 g/mol. The summed E-state index contributed by atoms with van der Waals surface area (Å²) in [7, 11) is 0. The molecule has 0 amide bonds. The second-order valence-electron chi connectivity index (χ2n) is 6.95. The first kappa shape index (κ1) is 19.7. The molecule has 0 atom stereocenters. The fourth-order valence-electron chi connectivity index (χ4n) is 3.42. The molecule has 0 fully saturated rings. The zero-order chi connectivity index (χ0) is 19.1. The number of unbranched alkanes of at least 4 members (excludes halogenated alkanes) is 4. The number of benzene rings is 2. The second-order valence-corrected chi connectivity index (χ2v) is 7.39. The van der Waals surface area contributed by atoms with Crippen molar-refractivity contribution in [3.8, 4) is 17.0 Å².